The van der Waals surface area contributed by atoms with Crippen molar-refractivity contribution in [1.29, 1.82) is 0 Å². The monoisotopic (exact) mass is 333 g/mol. The summed E-state index contributed by atoms with van der Waals surface area (Å²) in [6, 6.07) is 3.97. The molecule has 122 valence electrons. The molecule has 0 saturated carbocycles. The molecule has 1 atom stereocenters. The number of hydrogen-bond donors (Lipinski definition) is 2. The highest BCUT2D eigenvalue weighted by atomic mass is 32.2. The maximum Gasteiger partial charge on any atom is 0.330 e. The number of carbonyl (C=O) groups is 2. The van der Waals surface area contributed by atoms with E-state index in [1.165, 1.54) is 0 Å². The molecule has 1 aromatic heterocycles. The minimum absolute atomic E-state index is 0.120. The second kappa shape index (κ2) is 5.92. The van der Waals surface area contributed by atoms with Crippen LogP contribution in [0, 0.1) is 13.8 Å². The van der Waals surface area contributed by atoms with E-state index in [1.807, 2.05) is 26.0 Å². The van der Waals surface area contributed by atoms with Gasteiger partial charge in [-0.1, -0.05) is 0 Å². The third-order valence-electron chi connectivity index (χ3n) is 4.43. The Morgan fingerprint density at radius 2 is 2.09 bits per heavy atom. The Balaban J connectivity index is 1.80. The van der Waals surface area contributed by atoms with Crippen LogP contribution in [0.25, 0.3) is 11.0 Å². The molecule has 0 radical (unpaired) electrons. The van der Waals surface area contributed by atoms with Crippen LogP contribution < -0.4 is 5.32 Å². The molecule has 2 aromatic rings. The summed E-state index contributed by atoms with van der Waals surface area (Å²) in [5.41, 5.74) is 2.67. The highest BCUT2D eigenvalue weighted by Gasteiger charge is 2.43. The van der Waals surface area contributed by atoms with Crippen LogP contribution in [0.15, 0.2) is 22.8 Å². The molecular formula is C17H19NO4S. The van der Waals surface area contributed by atoms with Gasteiger partial charge in [0, 0.05) is 16.7 Å². The van der Waals surface area contributed by atoms with Gasteiger partial charge in [0.25, 0.3) is 0 Å². The van der Waals surface area contributed by atoms with Gasteiger partial charge in [-0.3, -0.25) is 4.79 Å². The first-order chi connectivity index (χ1) is 10.9. The van der Waals surface area contributed by atoms with E-state index in [-0.39, 0.29) is 12.3 Å². The molecule has 1 aliphatic heterocycles. The largest absolute Gasteiger partial charge is 0.479 e. The molecule has 0 aliphatic carbocycles. The molecule has 23 heavy (non-hydrogen) atoms. The molecule has 0 spiro atoms. The van der Waals surface area contributed by atoms with Crippen LogP contribution in [0.4, 0.5) is 0 Å². The van der Waals surface area contributed by atoms with E-state index in [0.29, 0.717) is 12.2 Å². The summed E-state index contributed by atoms with van der Waals surface area (Å²) >= 11 is 1.55. The van der Waals surface area contributed by atoms with Crippen LogP contribution in [0.5, 0.6) is 0 Å². The minimum Gasteiger partial charge on any atom is -0.479 e. The van der Waals surface area contributed by atoms with Gasteiger partial charge in [-0.05, 0) is 49.3 Å². The van der Waals surface area contributed by atoms with Gasteiger partial charge in [0.15, 0.2) is 0 Å². The lowest BCUT2D eigenvalue weighted by molar-refractivity contribution is -0.146. The van der Waals surface area contributed by atoms with Crippen molar-refractivity contribution < 1.29 is 19.1 Å². The average molecular weight is 333 g/mol. The molecule has 1 aliphatic rings. The van der Waals surface area contributed by atoms with Crippen LogP contribution in [0.1, 0.15) is 23.1 Å². The number of nitrogens with one attached hydrogen (secondary N) is 1. The fourth-order valence-corrected chi connectivity index (χ4v) is 4.17. The summed E-state index contributed by atoms with van der Waals surface area (Å²) < 4.78 is 5.53. The Kier molecular flexibility index (Phi) is 4.10. The maximum atomic E-state index is 12.3. The van der Waals surface area contributed by atoms with Crippen molar-refractivity contribution in [3.63, 3.8) is 0 Å². The zero-order chi connectivity index (χ0) is 16.6. The van der Waals surface area contributed by atoms with E-state index in [0.717, 1.165) is 33.4 Å². The van der Waals surface area contributed by atoms with Gasteiger partial charge < -0.3 is 14.8 Å². The van der Waals surface area contributed by atoms with Crippen LogP contribution in [-0.4, -0.2) is 34.0 Å². The maximum absolute atomic E-state index is 12.3. The molecule has 2 heterocycles. The number of furan rings is 1. The van der Waals surface area contributed by atoms with Gasteiger partial charge in [0.05, 0.1) is 12.7 Å². The first-order valence-electron chi connectivity index (χ1n) is 7.51. The summed E-state index contributed by atoms with van der Waals surface area (Å²) in [4.78, 5) is 23.9. The van der Waals surface area contributed by atoms with E-state index >= 15 is 0 Å². The molecule has 3 rings (SSSR count). The number of aliphatic carboxylic acids is 1. The standard InChI is InChI=1S/C17H19NO4S/c1-10-5-13-12(8-22-14(13)6-11(10)2)7-15(19)18-17(16(20)21)3-4-23-9-17/h5-6,8H,3-4,7,9H2,1-2H3,(H,18,19)(H,20,21). The summed E-state index contributed by atoms with van der Waals surface area (Å²) in [7, 11) is 0. The molecule has 6 heteroatoms. The Bertz CT molecular complexity index is 774. The summed E-state index contributed by atoms with van der Waals surface area (Å²) in [6.45, 7) is 4.03. The number of carbonyl (C=O) groups excluding carboxylic acids is 1. The number of carboxylic acids is 1. The first kappa shape index (κ1) is 15.9. The van der Waals surface area contributed by atoms with Crippen molar-refractivity contribution in [1.82, 2.24) is 5.32 Å². The van der Waals surface area contributed by atoms with E-state index in [2.05, 4.69) is 5.32 Å². The molecular weight excluding hydrogens is 314 g/mol. The van der Waals surface area contributed by atoms with Crippen LogP contribution in [0.2, 0.25) is 0 Å². The van der Waals surface area contributed by atoms with E-state index in [1.54, 1.807) is 18.0 Å². The molecule has 1 saturated heterocycles. The molecule has 1 aromatic carbocycles. The minimum atomic E-state index is -1.13. The lowest BCUT2D eigenvalue weighted by Gasteiger charge is -2.24. The average Bonchev–Trinajstić information content (AvgIpc) is 3.09. The van der Waals surface area contributed by atoms with Crippen molar-refractivity contribution in [2.24, 2.45) is 0 Å². The Morgan fingerprint density at radius 1 is 1.35 bits per heavy atom. The lowest BCUT2D eigenvalue weighted by atomic mass is 9.98. The number of thioether (sulfide) groups is 1. The van der Waals surface area contributed by atoms with E-state index < -0.39 is 11.5 Å². The normalized spacial score (nSPS) is 20.8. The number of carboxylic acid groups (broad SMARTS) is 1. The molecule has 1 unspecified atom stereocenters. The van der Waals surface area contributed by atoms with Crippen molar-refractivity contribution in [3.8, 4) is 0 Å². The lowest BCUT2D eigenvalue weighted by Crippen LogP contribution is -2.55. The van der Waals surface area contributed by atoms with Crippen LogP contribution in [-0.2, 0) is 16.0 Å². The summed E-state index contributed by atoms with van der Waals surface area (Å²) in [5, 5.41) is 13.1. The zero-order valence-electron chi connectivity index (χ0n) is 13.1. The predicted octanol–water partition coefficient (Wildman–Crippen LogP) is 2.67. The number of fused-ring (bicyclic) bond motifs is 1. The predicted molar refractivity (Wildman–Crippen MR) is 89.8 cm³/mol. The summed E-state index contributed by atoms with van der Waals surface area (Å²) in [5.74, 6) is -0.0757. The number of rotatable bonds is 4. The van der Waals surface area contributed by atoms with Gasteiger partial charge >= 0.3 is 5.97 Å². The van der Waals surface area contributed by atoms with Crippen molar-refractivity contribution >= 4 is 34.6 Å². The molecule has 1 amide bonds. The van der Waals surface area contributed by atoms with Crippen molar-refractivity contribution in [2.45, 2.75) is 32.2 Å². The second-order valence-corrected chi connectivity index (χ2v) is 7.21. The van der Waals surface area contributed by atoms with Crippen LogP contribution >= 0.6 is 11.8 Å². The summed E-state index contributed by atoms with van der Waals surface area (Å²) in [6.07, 6.45) is 2.17. The van der Waals surface area contributed by atoms with E-state index in [4.69, 9.17) is 4.42 Å². The smallest absolute Gasteiger partial charge is 0.330 e. The van der Waals surface area contributed by atoms with E-state index in [9.17, 15) is 14.7 Å². The third-order valence-corrected chi connectivity index (χ3v) is 5.62. The van der Waals surface area contributed by atoms with Gasteiger partial charge in [0.2, 0.25) is 5.91 Å². The number of hydrogen-bond acceptors (Lipinski definition) is 4. The Labute approximate surface area is 138 Å². The van der Waals surface area contributed by atoms with Gasteiger partial charge in [0.1, 0.15) is 11.1 Å². The molecule has 2 N–H and O–H groups in total. The van der Waals surface area contributed by atoms with Gasteiger partial charge in [-0.2, -0.15) is 11.8 Å². The Hall–Kier alpha value is -1.95. The quantitative estimate of drug-likeness (QED) is 0.899. The number of aryl methyl sites for hydroxylation is 2. The fourth-order valence-electron chi connectivity index (χ4n) is 2.84. The fraction of sp³-hybridized carbons (Fsp3) is 0.412. The van der Waals surface area contributed by atoms with Gasteiger partial charge in [-0.25, -0.2) is 4.79 Å². The molecule has 0 bridgehead atoms. The molecule has 5 nitrogen and oxygen atoms in total. The van der Waals surface area contributed by atoms with Gasteiger partial charge in [-0.15, -0.1) is 0 Å². The topological polar surface area (TPSA) is 79.5 Å². The second-order valence-electron chi connectivity index (χ2n) is 6.11. The van der Waals surface area contributed by atoms with Crippen molar-refractivity contribution in [3.05, 3.63) is 35.1 Å². The highest BCUT2D eigenvalue weighted by molar-refractivity contribution is 7.99. The first-order valence-corrected chi connectivity index (χ1v) is 8.66. The van der Waals surface area contributed by atoms with Crippen molar-refractivity contribution in [2.75, 3.05) is 11.5 Å². The third kappa shape index (κ3) is 2.95. The number of benzene rings is 1. The van der Waals surface area contributed by atoms with Crippen LogP contribution in [0.3, 0.4) is 0 Å². The SMILES string of the molecule is Cc1cc2occ(CC(=O)NC3(C(=O)O)CCSC3)c2cc1C. The highest BCUT2D eigenvalue weighted by Crippen LogP contribution is 2.29. The zero-order valence-corrected chi connectivity index (χ0v) is 14.0. The number of amides is 1. The Morgan fingerprint density at radius 3 is 2.74 bits per heavy atom. The molecule has 1 fully saturated rings.